The number of ether oxygens (including phenoxy) is 1. The van der Waals surface area contributed by atoms with Crippen LogP contribution >= 0.6 is 0 Å². The lowest BCUT2D eigenvalue weighted by atomic mass is 10.0. The van der Waals surface area contributed by atoms with Crippen LogP contribution in [0, 0.1) is 0 Å². The Morgan fingerprint density at radius 3 is 2.50 bits per heavy atom. The molecule has 3 N–H and O–H groups in total. The zero-order chi connectivity index (χ0) is 22.9. The van der Waals surface area contributed by atoms with E-state index in [2.05, 4.69) is 26.9 Å². The number of amides is 3. The van der Waals surface area contributed by atoms with Crippen molar-refractivity contribution in [3.63, 3.8) is 0 Å². The highest BCUT2D eigenvalue weighted by Crippen LogP contribution is 2.31. The summed E-state index contributed by atoms with van der Waals surface area (Å²) in [5.74, 6) is 0.662. The summed E-state index contributed by atoms with van der Waals surface area (Å²) < 4.78 is 5.60. The Hall–Kier alpha value is -3.06. The highest BCUT2D eigenvalue weighted by molar-refractivity contribution is 5.96. The topological polar surface area (TPSA) is 82.7 Å². The Balaban J connectivity index is 1.71. The minimum Gasteiger partial charge on any atom is -0.496 e. The van der Waals surface area contributed by atoms with Gasteiger partial charge in [0.05, 0.1) is 13.2 Å². The van der Waals surface area contributed by atoms with Crippen LogP contribution in [0.15, 0.2) is 48.5 Å². The summed E-state index contributed by atoms with van der Waals surface area (Å²) in [7, 11) is 1.68. The Morgan fingerprint density at radius 1 is 1.03 bits per heavy atom. The van der Waals surface area contributed by atoms with Gasteiger partial charge in [-0.05, 0) is 64.0 Å². The van der Waals surface area contributed by atoms with E-state index in [1.165, 1.54) is 6.42 Å². The predicted molar refractivity (Wildman–Crippen MR) is 127 cm³/mol. The van der Waals surface area contributed by atoms with Crippen LogP contribution in [-0.4, -0.2) is 49.6 Å². The minimum absolute atomic E-state index is 0.0307. The van der Waals surface area contributed by atoms with E-state index in [0.29, 0.717) is 17.8 Å². The maximum absolute atomic E-state index is 12.9. The molecule has 0 aromatic heterocycles. The Morgan fingerprint density at radius 2 is 1.78 bits per heavy atom. The second-order valence-electron chi connectivity index (χ2n) is 8.40. The van der Waals surface area contributed by atoms with Crippen LogP contribution in [-0.2, 0) is 0 Å². The van der Waals surface area contributed by atoms with Gasteiger partial charge < -0.3 is 20.7 Å². The van der Waals surface area contributed by atoms with E-state index in [0.717, 1.165) is 37.2 Å². The lowest BCUT2D eigenvalue weighted by molar-refractivity contribution is 0.0923. The third-order valence-electron chi connectivity index (χ3n) is 5.59. The number of methoxy groups -OCH3 is 1. The molecule has 0 radical (unpaired) electrons. The summed E-state index contributed by atoms with van der Waals surface area (Å²) in [6.45, 7) is 6.27. The molecule has 7 heteroatoms. The van der Waals surface area contributed by atoms with Crippen molar-refractivity contribution >= 4 is 17.6 Å². The first-order valence-electron chi connectivity index (χ1n) is 11.3. The zero-order valence-electron chi connectivity index (χ0n) is 19.2. The number of piperidine rings is 1. The smallest absolute Gasteiger partial charge is 0.319 e. The van der Waals surface area contributed by atoms with Crippen molar-refractivity contribution in [2.24, 2.45) is 0 Å². The molecule has 1 saturated heterocycles. The number of likely N-dealkylation sites (tertiary alicyclic amines) is 1. The Kier molecular flexibility index (Phi) is 8.50. The van der Waals surface area contributed by atoms with Crippen molar-refractivity contribution in [3.8, 4) is 5.75 Å². The molecule has 0 saturated carbocycles. The highest BCUT2D eigenvalue weighted by Gasteiger charge is 2.25. The summed E-state index contributed by atoms with van der Waals surface area (Å²) in [4.78, 5) is 27.3. The quantitative estimate of drug-likeness (QED) is 0.577. The number of rotatable bonds is 8. The number of nitrogens with zero attached hydrogens (tertiary/aromatic N) is 1. The fourth-order valence-corrected chi connectivity index (χ4v) is 4.07. The normalized spacial score (nSPS) is 15.1. The monoisotopic (exact) mass is 438 g/mol. The average molecular weight is 439 g/mol. The van der Waals surface area contributed by atoms with Crippen molar-refractivity contribution in [2.45, 2.75) is 45.2 Å². The summed E-state index contributed by atoms with van der Waals surface area (Å²) in [6, 6.07) is 14.7. The third-order valence-corrected chi connectivity index (χ3v) is 5.59. The SMILES string of the molecule is COc1ccccc1C(CNC(=O)c1cccc(NC(=O)NC(C)C)c1)N1CCCCC1. The summed E-state index contributed by atoms with van der Waals surface area (Å²) in [6.07, 6.45) is 3.56. The average Bonchev–Trinajstić information content (AvgIpc) is 2.79. The maximum atomic E-state index is 12.9. The molecule has 2 aromatic carbocycles. The number of benzene rings is 2. The number of nitrogens with one attached hydrogen (secondary N) is 3. The van der Waals surface area contributed by atoms with Crippen molar-refractivity contribution < 1.29 is 14.3 Å². The van der Waals surface area contributed by atoms with Crippen molar-refractivity contribution in [1.29, 1.82) is 0 Å². The number of urea groups is 1. The molecule has 3 amide bonds. The molecule has 1 atom stereocenters. The van der Waals surface area contributed by atoms with Crippen LogP contribution in [0.5, 0.6) is 5.75 Å². The van der Waals surface area contributed by atoms with Crippen molar-refractivity contribution in [2.75, 3.05) is 32.1 Å². The third kappa shape index (κ3) is 6.47. The van der Waals surface area contributed by atoms with E-state index < -0.39 is 0 Å². The number of hydrogen-bond acceptors (Lipinski definition) is 4. The van der Waals surface area contributed by atoms with Crippen molar-refractivity contribution in [1.82, 2.24) is 15.5 Å². The first-order valence-corrected chi connectivity index (χ1v) is 11.3. The molecular weight excluding hydrogens is 404 g/mol. The van der Waals surface area contributed by atoms with Gasteiger partial charge in [0.2, 0.25) is 0 Å². The van der Waals surface area contributed by atoms with Crippen LogP contribution in [0.25, 0.3) is 0 Å². The largest absolute Gasteiger partial charge is 0.496 e. The Labute approximate surface area is 190 Å². The second-order valence-corrected chi connectivity index (χ2v) is 8.40. The molecule has 32 heavy (non-hydrogen) atoms. The molecule has 1 fully saturated rings. The fraction of sp³-hybridized carbons (Fsp3) is 0.440. The fourth-order valence-electron chi connectivity index (χ4n) is 4.07. The van der Waals surface area contributed by atoms with Gasteiger partial charge in [0.1, 0.15) is 5.75 Å². The molecule has 1 unspecified atom stereocenters. The Bertz CT molecular complexity index is 910. The van der Waals surface area contributed by atoms with Gasteiger partial charge in [-0.25, -0.2) is 4.79 Å². The standard InChI is InChI=1S/C25H34N4O3/c1-18(2)27-25(31)28-20-11-9-10-19(16-20)24(30)26-17-22(29-14-7-4-8-15-29)21-12-5-6-13-23(21)32-3/h5-6,9-13,16,18,22H,4,7-8,14-15,17H2,1-3H3,(H,26,30)(H2,27,28,31). The molecule has 1 aliphatic rings. The molecule has 0 aliphatic carbocycles. The minimum atomic E-state index is -0.293. The molecule has 2 aromatic rings. The van der Waals surface area contributed by atoms with Gasteiger partial charge >= 0.3 is 6.03 Å². The predicted octanol–water partition coefficient (Wildman–Crippen LogP) is 4.18. The van der Waals surface area contributed by atoms with Gasteiger partial charge in [0.25, 0.3) is 5.91 Å². The second kappa shape index (κ2) is 11.5. The lowest BCUT2D eigenvalue weighted by Gasteiger charge is -2.35. The van der Waals surface area contributed by atoms with Gasteiger partial charge in [-0.3, -0.25) is 9.69 Å². The number of anilines is 1. The van der Waals surface area contributed by atoms with Crippen molar-refractivity contribution in [3.05, 3.63) is 59.7 Å². The lowest BCUT2D eigenvalue weighted by Crippen LogP contribution is -2.40. The first-order chi connectivity index (χ1) is 15.5. The van der Waals surface area contributed by atoms with Crippen LogP contribution in [0.1, 0.15) is 55.1 Å². The van der Waals surface area contributed by atoms with E-state index >= 15 is 0 Å². The van der Waals surface area contributed by atoms with Crippen LogP contribution in [0.2, 0.25) is 0 Å². The highest BCUT2D eigenvalue weighted by atomic mass is 16.5. The maximum Gasteiger partial charge on any atom is 0.319 e. The number of carbonyl (C=O) groups excluding carboxylic acids is 2. The molecule has 1 aliphatic heterocycles. The number of hydrogen-bond donors (Lipinski definition) is 3. The van der Waals surface area contributed by atoms with Gasteiger partial charge in [0, 0.05) is 29.4 Å². The number of para-hydroxylation sites is 1. The van der Waals surface area contributed by atoms with Gasteiger partial charge in [-0.1, -0.05) is 30.7 Å². The zero-order valence-corrected chi connectivity index (χ0v) is 19.2. The first kappa shape index (κ1) is 23.6. The molecule has 7 nitrogen and oxygen atoms in total. The molecule has 0 bridgehead atoms. The van der Waals surface area contributed by atoms with Gasteiger partial charge in [-0.2, -0.15) is 0 Å². The summed E-state index contributed by atoms with van der Waals surface area (Å²) in [5.41, 5.74) is 2.16. The molecule has 3 rings (SSSR count). The van der Waals surface area contributed by atoms with Crippen LogP contribution in [0.3, 0.4) is 0 Å². The van der Waals surface area contributed by atoms with E-state index in [-0.39, 0.29) is 24.0 Å². The van der Waals surface area contributed by atoms with Crippen LogP contribution in [0.4, 0.5) is 10.5 Å². The van der Waals surface area contributed by atoms with Gasteiger partial charge in [-0.15, -0.1) is 0 Å². The molecular formula is C25H34N4O3. The van der Waals surface area contributed by atoms with Gasteiger partial charge in [0.15, 0.2) is 0 Å². The van der Waals surface area contributed by atoms with E-state index in [9.17, 15) is 9.59 Å². The molecule has 0 spiro atoms. The van der Waals surface area contributed by atoms with E-state index in [1.807, 2.05) is 32.0 Å². The number of carbonyl (C=O) groups is 2. The summed E-state index contributed by atoms with van der Waals surface area (Å²) in [5, 5.41) is 8.64. The van der Waals surface area contributed by atoms with Crippen LogP contribution < -0.4 is 20.7 Å². The summed E-state index contributed by atoms with van der Waals surface area (Å²) >= 11 is 0. The van der Waals surface area contributed by atoms with E-state index in [4.69, 9.17) is 4.74 Å². The molecule has 1 heterocycles. The molecule has 172 valence electrons. The van der Waals surface area contributed by atoms with E-state index in [1.54, 1.807) is 31.4 Å².